The van der Waals surface area contributed by atoms with E-state index in [-0.39, 0.29) is 19.1 Å². The molecule has 1 atom stereocenters. The molecule has 1 heterocycles. The number of rotatable bonds is 5. The van der Waals surface area contributed by atoms with E-state index in [9.17, 15) is 4.79 Å². The lowest BCUT2D eigenvalue weighted by molar-refractivity contribution is 0.0945. The summed E-state index contributed by atoms with van der Waals surface area (Å²) in [5, 5.41) is 14.9. The minimum Gasteiger partial charge on any atom is -0.395 e. The number of benzene rings is 1. The number of carbonyl (C=O) groups excluding carboxylic acids is 1. The van der Waals surface area contributed by atoms with Crippen molar-refractivity contribution in [3.05, 3.63) is 29.8 Å². The highest BCUT2D eigenvalue weighted by molar-refractivity contribution is 7.99. The van der Waals surface area contributed by atoms with Gasteiger partial charge >= 0.3 is 0 Å². The van der Waals surface area contributed by atoms with Crippen molar-refractivity contribution in [1.29, 1.82) is 0 Å². The van der Waals surface area contributed by atoms with Gasteiger partial charge in [0.2, 0.25) is 0 Å². The Balaban J connectivity index is 1.97. The molecule has 2 rings (SSSR count). The zero-order chi connectivity index (χ0) is 15.3. The van der Waals surface area contributed by atoms with Crippen LogP contribution in [0.1, 0.15) is 30.6 Å². The molecule has 116 valence electrons. The van der Waals surface area contributed by atoms with Gasteiger partial charge in [-0.25, -0.2) is 0 Å². The van der Waals surface area contributed by atoms with Gasteiger partial charge in [-0.2, -0.15) is 11.8 Å². The molecular weight excluding hydrogens is 284 g/mol. The van der Waals surface area contributed by atoms with Gasteiger partial charge in [-0.1, -0.05) is 13.8 Å². The number of nitrogens with one attached hydrogen (secondary N) is 2. The maximum atomic E-state index is 11.8. The number of carbonyl (C=O) groups is 1. The van der Waals surface area contributed by atoms with E-state index in [0.717, 1.165) is 11.4 Å². The Bertz CT molecular complexity index is 474. The van der Waals surface area contributed by atoms with Gasteiger partial charge < -0.3 is 15.7 Å². The first-order valence-corrected chi connectivity index (χ1v) is 8.52. The molecule has 1 aliphatic rings. The summed E-state index contributed by atoms with van der Waals surface area (Å²) in [6.07, 6.45) is 1.22. The third-order valence-electron chi connectivity index (χ3n) is 4.00. The Labute approximate surface area is 130 Å². The van der Waals surface area contributed by atoms with Crippen molar-refractivity contribution in [2.24, 2.45) is 5.41 Å². The molecular formula is C16H24N2O2S. The lowest BCUT2D eigenvalue weighted by atomic mass is 9.82. The van der Waals surface area contributed by atoms with E-state index in [2.05, 4.69) is 24.5 Å². The minimum absolute atomic E-state index is 0.0419. The van der Waals surface area contributed by atoms with Crippen molar-refractivity contribution in [3.63, 3.8) is 0 Å². The second-order valence-electron chi connectivity index (χ2n) is 6.07. The van der Waals surface area contributed by atoms with Crippen LogP contribution in [0.3, 0.4) is 0 Å². The van der Waals surface area contributed by atoms with E-state index >= 15 is 0 Å². The van der Waals surface area contributed by atoms with Crippen LogP contribution in [0, 0.1) is 5.41 Å². The van der Waals surface area contributed by atoms with Crippen molar-refractivity contribution in [2.45, 2.75) is 26.3 Å². The number of aliphatic hydroxyl groups is 1. The van der Waals surface area contributed by atoms with Crippen LogP contribution in [-0.2, 0) is 0 Å². The second-order valence-corrected chi connectivity index (χ2v) is 7.22. The fraction of sp³-hybridized carbons (Fsp3) is 0.562. The summed E-state index contributed by atoms with van der Waals surface area (Å²) < 4.78 is 0. The quantitative estimate of drug-likeness (QED) is 0.781. The van der Waals surface area contributed by atoms with E-state index < -0.39 is 0 Å². The van der Waals surface area contributed by atoms with E-state index in [4.69, 9.17) is 5.11 Å². The number of hydrogen-bond donors (Lipinski definition) is 3. The van der Waals surface area contributed by atoms with Crippen LogP contribution in [0.4, 0.5) is 5.69 Å². The molecule has 1 unspecified atom stereocenters. The Hall–Kier alpha value is -1.20. The summed E-state index contributed by atoms with van der Waals surface area (Å²) in [5.41, 5.74) is 1.96. The van der Waals surface area contributed by atoms with Gasteiger partial charge in [-0.3, -0.25) is 4.79 Å². The molecule has 1 aromatic carbocycles. The summed E-state index contributed by atoms with van der Waals surface area (Å²) in [6, 6.07) is 7.98. The predicted molar refractivity (Wildman–Crippen MR) is 89.0 cm³/mol. The molecule has 1 aromatic rings. The standard InChI is InChI=1S/C16H24N2O2S/c1-16(2)7-10-21-11-14(16)18-13-5-3-12(4-6-13)15(20)17-8-9-19/h3-6,14,18-19H,7-11H2,1-2H3,(H,17,20). The van der Waals surface area contributed by atoms with Crippen LogP contribution in [0.25, 0.3) is 0 Å². The highest BCUT2D eigenvalue weighted by Gasteiger charge is 2.32. The molecule has 1 saturated heterocycles. The van der Waals surface area contributed by atoms with Crippen molar-refractivity contribution >= 4 is 23.4 Å². The summed E-state index contributed by atoms with van der Waals surface area (Å²) in [4.78, 5) is 11.8. The summed E-state index contributed by atoms with van der Waals surface area (Å²) in [5.74, 6) is 2.20. The lowest BCUT2D eigenvalue weighted by Gasteiger charge is -2.39. The normalized spacial score (nSPS) is 20.8. The third-order valence-corrected chi connectivity index (χ3v) is 5.07. The highest BCUT2D eigenvalue weighted by Crippen LogP contribution is 2.35. The monoisotopic (exact) mass is 308 g/mol. The summed E-state index contributed by atoms with van der Waals surface area (Å²) in [6.45, 7) is 4.86. The molecule has 0 spiro atoms. The van der Waals surface area contributed by atoms with Crippen LogP contribution in [0.2, 0.25) is 0 Å². The first kappa shape index (κ1) is 16.2. The van der Waals surface area contributed by atoms with Crippen LogP contribution in [0.15, 0.2) is 24.3 Å². The molecule has 1 fully saturated rings. The zero-order valence-corrected chi connectivity index (χ0v) is 13.5. The smallest absolute Gasteiger partial charge is 0.251 e. The van der Waals surface area contributed by atoms with Crippen molar-refractivity contribution in [2.75, 3.05) is 30.0 Å². The Morgan fingerprint density at radius 1 is 1.38 bits per heavy atom. The first-order chi connectivity index (χ1) is 10.0. The number of aliphatic hydroxyl groups excluding tert-OH is 1. The molecule has 1 aliphatic heterocycles. The van der Waals surface area contributed by atoms with Gasteiger partial charge in [0.05, 0.1) is 6.61 Å². The van der Waals surface area contributed by atoms with Crippen LogP contribution in [-0.4, -0.2) is 41.7 Å². The van der Waals surface area contributed by atoms with E-state index in [1.54, 1.807) is 0 Å². The van der Waals surface area contributed by atoms with Crippen LogP contribution >= 0.6 is 11.8 Å². The Kier molecular flexibility index (Phi) is 5.53. The Morgan fingerprint density at radius 2 is 2.10 bits per heavy atom. The molecule has 21 heavy (non-hydrogen) atoms. The van der Waals surface area contributed by atoms with Gasteiger partial charge in [0.1, 0.15) is 0 Å². The molecule has 0 radical (unpaired) electrons. The van der Waals surface area contributed by atoms with Crippen LogP contribution < -0.4 is 10.6 Å². The molecule has 5 heteroatoms. The topological polar surface area (TPSA) is 61.4 Å². The van der Waals surface area contributed by atoms with Gasteiger partial charge in [-0.05, 0) is 41.9 Å². The fourth-order valence-electron chi connectivity index (χ4n) is 2.36. The van der Waals surface area contributed by atoms with Crippen molar-refractivity contribution in [3.8, 4) is 0 Å². The van der Waals surface area contributed by atoms with Crippen molar-refractivity contribution < 1.29 is 9.90 Å². The predicted octanol–water partition coefficient (Wildman–Crippen LogP) is 2.35. The average Bonchev–Trinajstić information content (AvgIpc) is 2.47. The molecule has 0 saturated carbocycles. The second kappa shape index (κ2) is 7.18. The largest absolute Gasteiger partial charge is 0.395 e. The minimum atomic E-state index is -0.149. The number of hydrogen-bond acceptors (Lipinski definition) is 4. The van der Waals surface area contributed by atoms with Crippen LogP contribution in [0.5, 0.6) is 0 Å². The SMILES string of the molecule is CC1(C)CCSCC1Nc1ccc(C(=O)NCCO)cc1. The molecule has 1 amide bonds. The molecule has 0 bridgehead atoms. The molecule has 3 N–H and O–H groups in total. The highest BCUT2D eigenvalue weighted by atomic mass is 32.2. The number of amides is 1. The molecule has 0 aromatic heterocycles. The number of anilines is 1. The zero-order valence-electron chi connectivity index (χ0n) is 12.7. The van der Waals surface area contributed by atoms with E-state index in [0.29, 0.717) is 17.0 Å². The van der Waals surface area contributed by atoms with E-state index in [1.165, 1.54) is 12.2 Å². The van der Waals surface area contributed by atoms with Gasteiger partial charge in [0.25, 0.3) is 5.91 Å². The molecule has 4 nitrogen and oxygen atoms in total. The van der Waals surface area contributed by atoms with Gasteiger partial charge in [-0.15, -0.1) is 0 Å². The lowest BCUT2D eigenvalue weighted by Crippen LogP contribution is -2.41. The molecule has 0 aliphatic carbocycles. The van der Waals surface area contributed by atoms with Crippen molar-refractivity contribution in [1.82, 2.24) is 5.32 Å². The van der Waals surface area contributed by atoms with E-state index in [1.807, 2.05) is 36.0 Å². The maximum Gasteiger partial charge on any atom is 0.251 e. The fourth-order valence-corrected chi connectivity index (χ4v) is 3.97. The Morgan fingerprint density at radius 3 is 2.71 bits per heavy atom. The summed E-state index contributed by atoms with van der Waals surface area (Å²) >= 11 is 1.99. The first-order valence-electron chi connectivity index (χ1n) is 7.36. The average molecular weight is 308 g/mol. The van der Waals surface area contributed by atoms with Gasteiger partial charge in [0.15, 0.2) is 0 Å². The third kappa shape index (κ3) is 4.38. The maximum absolute atomic E-state index is 11.8. The summed E-state index contributed by atoms with van der Waals surface area (Å²) in [7, 11) is 0. The van der Waals surface area contributed by atoms with Gasteiger partial charge in [0, 0.05) is 29.6 Å². The number of thioether (sulfide) groups is 1.